The SMILES string of the molecule is Cc1nc(NC(=O)CN2CCCC(C(=O)Nc3cc(C(F)(F)F)ccc3Cl)C2)sc1C. The molecule has 1 fully saturated rings. The van der Waals surface area contributed by atoms with E-state index >= 15 is 0 Å². The molecule has 1 aliphatic rings. The second-order valence-electron chi connectivity index (χ2n) is 7.46. The van der Waals surface area contributed by atoms with Crippen molar-refractivity contribution in [3.63, 3.8) is 0 Å². The molecule has 1 atom stereocenters. The molecule has 2 amide bonds. The number of hydrogen-bond donors (Lipinski definition) is 2. The summed E-state index contributed by atoms with van der Waals surface area (Å²) < 4.78 is 38.8. The topological polar surface area (TPSA) is 74.3 Å². The van der Waals surface area contributed by atoms with Gasteiger partial charge in [-0.1, -0.05) is 11.6 Å². The molecule has 1 aliphatic heterocycles. The van der Waals surface area contributed by atoms with Gasteiger partial charge in [-0.15, -0.1) is 11.3 Å². The highest BCUT2D eigenvalue weighted by Crippen LogP contribution is 2.34. The molecule has 168 valence electrons. The van der Waals surface area contributed by atoms with Gasteiger partial charge in [-0.2, -0.15) is 13.2 Å². The Bertz CT molecular complexity index is 960. The Labute approximate surface area is 186 Å². The molecule has 1 aromatic heterocycles. The number of amides is 2. The van der Waals surface area contributed by atoms with Crippen molar-refractivity contribution < 1.29 is 22.8 Å². The van der Waals surface area contributed by atoms with Crippen LogP contribution in [-0.4, -0.2) is 41.3 Å². The highest BCUT2D eigenvalue weighted by atomic mass is 35.5. The summed E-state index contributed by atoms with van der Waals surface area (Å²) >= 11 is 7.36. The van der Waals surface area contributed by atoms with Crippen LogP contribution in [0.25, 0.3) is 0 Å². The van der Waals surface area contributed by atoms with Crippen molar-refractivity contribution in [3.8, 4) is 0 Å². The van der Waals surface area contributed by atoms with Crippen LogP contribution in [-0.2, 0) is 15.8 Å². The van der Waals surface area contributed by atoms with E-state index in [2.05, 4.69) is 15.6 Å². The summed E-state index contributed by atoms with van der Waals surface area (Å²) in [6, 6.07) is 2.80. The Morgan fingerprint density at radius 1 is 1.29 bits per heavy atom. The molecular formula is C20H22ClF3N4O2S. The number of aryl methyl sites for hydroxylation is 2. The van der Waals surface area contributed by atoms with Crippen LogP contribution in [0.2, 0.25) is 5.02 Å². The van der Waals surface area contributed by atoms with Crippen LogP contribution < -0.4 is 10.6 Å². The second-order valence-corrected chi connectivity index (χ2v) is 9.08. The van der Waals surface area contributed by atoms with Crippen molar-refractivity contribution >= 4 is 45.6 Å². The van der Waals surface area contributed by atoms with Crippen LogP contribution in [0.4, 0.5) is 24.0 Å². The smallest absolute Gasteiger partial charge is 0.324 e. The Balaban J connectivity index is 1.58. The fourth-order valence-corrected chi connectivity index (χ4v) is 4.33. The van der Waals surface area contributed by atoms with Gasteiger partial charge >= 0.3 is 6.18 Å². The minimum atomic E-state index is -4.53. The fraction of sp³-hybridized carbons (Fsp3) is 0.450. The summed E-state index contributed by atoms with van der Waals surface area (Å²) in [5.74, 6) is -1.11. The van der Waals surface area contributed by atoms with Crippen molar-refractivity contribution in [2.45, 2.75) is 32.9 Å². The molecule has 2 aromatic rings. The number of thiazole rings is 1. The molecule has 0 radical (unpaired) electrons. The molecule has 6 nitrogen and oxygen atoms in total. The molecule has 0 bridgehead atoms. The molecule has 2 N–H and O–H groups in total. The number of likely N-dealkylation sites (tertiary alicyclic amines) is 1. The van der Waals surface area contributed by atoms with Crippen LogP contribution in [0.5, 0.6) is 0 Å². The number of rotatable bonds is 5. The Morgan fingerprint density at radius 3 is 2.68 bits per heavy atom. The molecule has 0 aliphatic carbocycles. The molecular weight excluding hydrogens is 453 g/mol. The number of anilines is 2. The van der Waals surface area contributed by atoms with Gasteiger partial charge in [0.15, 0.2) is 5.13 Å². The van der Waals surface area contributed by atoms with E-state index in [1.807, 2.05) is 18.7 Å². The number of hydrogen-bond acceptors (Lipinski definition) is 5. The Kier molecular flexibility index (Phi) is 7.23. The predicted molar refractivity (Wildman–Crippen MR) is 114 cm³/mol. The average Bonchev–Trinajstić information content (AvgIpc) is 2.99. The first kappa shape index (κ1) is 23.5. The van der Waals surface area contributed by atoms with Crippen LogP contribution >= 0.6 is 22.9 Å². The van der Waals surface area contributed by atoms with E-state index in [1.54, 1.807) is 0 Å². The van der Waals surface area contributed by atoms with Gasteiger partial charge in [0.2, 0.25) is 11.8 Å². The van der Waals surface area contributed by atoms with E-state index in [9.17, 15) is 22.8 Å². The molecule has 11 heteroatoms. The average molecular weight is 475 g/mol. The lowest BCUT2D eigenvalue weighted by Crippen LogP contribution is -2.44. The third kappa shape index (κ3) is 6.18. The normalized spacial score (nSPS) is 17.4. The third-order valence-corrected chi connectivity index (χ3v) is 6.39. The van der Waals surface area contributed by atoms with Crippen molar-refractivity contribution in [1.82, 2.24) is 9.88 Å². The second kappa shape index (κ2) is 9.54. The molecule has 31 heavy (non-hydrogen) atoms. The standard InChI is InChI=1S/C20H22ClF3N4O2S/c1-11-12(2)31-19(25-11)27-17(29)10-28-7-3-4-13(9-28)18(30)26-16-8-14(20(22,23)24)5-6-15(16)21/h5-6,8,13H,3-4,7,9-10H2,1-2H3,(H,26,30)(H,25,27,29). The number of piperidine rings is 1. The predicted octanol–water partition coefficient (Wildman–Crippen LogP) is 4.72. The number of halogens is 4. The molecule has 0 saturated carbocycles. The number of nitrogens with one attached hydrogen (secondary N) is 2. The first-order valence-corrected chi connectivity index (χ1v) is 10.9. The quantitative estimate of drug-likeness (QED) is 0.657. The largest absolute Gasteiger partial charge is 0.416 e. The first-order chi connectivity index (χ1) is 14.5. The highest BCUT2D eigenvalue weighted by Gasteiger charge is 2.32. The number of carbonyl (C=O) groups excluding carboxylic acids is 2. The fourth-order valence-electron chi connectivity index (χ4n) is 3.33. The van der Waals surface area contributed by atoms with E-state index in [0.717, 1.165) is 28.8 Å². The van der Waals surface area contributed by atoms with Gasteiger partial charge in [-0.3, -0.25) is 14.5 Å². The maximum atomic E-state index is 12.9. The monoisotopic (exact) mass is 474 g/mol. The van der Waals surface area contributed by atoms with E-state index in [0.29, 0.717) is 31.1 Å². The minimum Gasteiger partial charge on any atom is -0.324 e. The number of nitrogens with zero attached hydrogens (tertiary/aromatic N) is 2. The van der Waals surface area contributed by atoms with Crippen molar-refractivity contribution in [2.75, 3.05) is 30.3 Å². The van der Waals surface area contributed by atoms with Crippen LogP contribution in [0.1, 0.15) is 29.0 Å². The van der Waals surface area contributed by atoms with E-state index in [1.165, 1.54) is 11.3 Å². The lowest BCUT2D eigenvalue weighted by molar-refractivity contribution is -0.137. The van der Waals surface area contributed by atoms with Gasteiger partial charge in [-0.05, 0) is 51.4 Å². The number of benzene rings is 1. The van der Waals surface area contributed by atoms with Crippen LogP contribution in [0.15, 0.2) is 18.2 Å². The first-order valence-electron chi connectivity index (χ1n) is 9.67. The molecule has 0 spiro atoms. The van der Waals surface area contributed by atoms with E-state index in [-0.39, 0.29) is 23.2 Å². The van der Waals surface area contributed by atoms with Crippen LogP contribution in [0.3, 0.4) is 0 Å². The maximum absolute atomic E-state index is 12.9. The van der Waals surface area contributed by atoms with E-state index in [4.69, 9.17) is 11.6 Å². The van der Waals surface area contributed by atoms with Gasteiger partial charge < -0.3 is 10.6 Å². The Morgan fingerprint density at radius 2 is 2.03 bits per heavy atom. The minimum absolute atomic E-state index is 0.0300. The summed E-state index contributed by atoms with van der Waals surface area (Å²) in [5.41, 5.74) is -0.101. The zero-order valence-corrected chi connectivity index (χ0v) is 18.5. The Hall–Kier alpha value is -2.17. The van der Waals surface area contributed by atoms with Gasteiger partial charge in [0.1, 0.15) is 0 Å². The summed E-state index contributed by atoms with van der Waals surface area (Å²) in [6.45, 7) is 4.87. The van der Waals surface area contributed by atoms with Gasteiger partial charge in [-0.25, -0.2) is 4.98 Å². The van der Waals surface area contributed by atoms with Crippen LogP contribution in [0, 0.1) is 19.8 Å². The highest BCUT2D eigenvalue weighted by molar-refractivity contribution is 7.15. The molecule has 1 unspecified atom stereocenters. The molecule has 1 aromatic carbocycles. The maximum Gasteiger partial charge on any atom is 0.416 e. The summed E-state index contributed by atoms with van der Waals surface area (Å²) in [4.78, 5) is 32.1. The summed E-state index contributed by atoms with van der Waals surface area (Å²) in [5, 5.41) is 5.84. The van der Waals surface area contributed by atoms with Gasteiger partial charge in [0, 0.05) is 11.4 Å². The van der Waals surface area contributed by atoms with Crippen molar-refractivity contribution in [1.29, 1.82) is 0 Å². The molecule has 1 saturated heterocycles. The zero-order valence-electron chi connectivity index (χ0n) is 17.0. The zero-order chi connectivity index (χ0) is 22.8. The van der Waals surface area contributed by atoms with E-state index < -0.39 is 23.6 Å². The molecule has 2 heterocycles. The van der Waals surface area contributed by atoms with Crippen molar-refractivity contribution in [2.24, 2.45) is 5.92 Å². The third-order valence-electron chi connectivity index (χ3n) is 5.07. The summed E-state index contributed by atoms with van der Waals surface area (Å²) in [6.07, 6.45) is -3.27. The lowest BCUT2D eigenvalue weighted by Gasteiger charge is -2.31. The van der Waals surface area contributed by atoms with Gasteiger partial charge in [0.05, 0.1) is 34.4 Å². The molecule has 3 rings (SSSR count). The summed E-state index contributed by atoms with van der Waals surface area (Å²) in [7, 11) is 0. The van der Waals surface area contributed by atoms with Gasteiger partial charge in [0.25, 0.3) is 0 Å². The number of carbonyl (C=O) groups is 2. The van der Waals surface area contributed by atoms with Crippen molar-refractivity contribution in [3.05, 3.63) is 39.4 Å². The number of aromatic nitrogens is 1. The lowest BCUT2D eigenvalue weighted by atomic mass is 9.97. The number of alkyl halides is 3.